The van der Waals surface area contributed by atoms with E-state index in [0.717, 1.165) is 12.5 Å². The molecule has 0 amide bonds. The maximum Gasteiger partial charge on any atom is 0.00388 e. The fraction of sp³-hybridized carbons (Fsp3) is 0.846. The average Bonchev–Trinajstić information content (AvgIpc) is 2.02. The Morgan fingerprint density at radius 2 is 1.86 bits per heavy atom. The van der Waals surface area contributed by atoms with Gasteiger partial charge in [0.1, 0.15) is 0 Å². The van der Waals surface area contributed by atoms with Crippen LogP contribution in [-0.2, 0) is 0 Å². The first-order valence-corrected chi connectivity index (χ1v) is 5.90. The lowest BCUT2D eigenvalue weighted by Crippen LogP contribution is -2.27. The number of allylic oxidation sites excluding steroid dienone is 1. The molecule has 0 aromatic carbocycles. The van der Waals surface area contributed by atoms with Crippen molar-refractivity contribution in [1.29, 1.82) is 0 Å². The van der Waals surface area contributed by atoms with Crippen molar-refractivity contribution in [3.8, 4) is 0 Å². The van der Waals surface area contributed by atoms with Gasteiger partial charge in [-0.25, -0.2) is 0 Å². The van der Waals surface area contributed by atoms with Crippen LogP contribution in [0.5, 0.6) is 0 Å². The molecule has 0 bridgehead atoms. The van der Waals surface area contributed by atoms with Crippen molar-refractivity contribution < 1.29 is 0 Å². The van der Waals surface area contributed by atoms with Crippen LogP contribution in [0, 0.1) is 5.92 Å². The van der Waals surface area contributed by atoms with Crippen LogP contribution in [0.15, 0.2) is 12.2 Å². The van der Waals surface area contributed by atoms with Crippen LogP contribution in [0.1, 0.15) is 53.4 Å². The van der Waals surface area contributed by atoms with Crippen molar-refractivity contribution in [2.45, 2.75) is 59.4 Å². The van der Waals surface area contributed by atoms with Crippen molar-refractivity contribution in [1.82, 2.24) is 5.32 Å². The Labute approximate surface area is 90.0 Å². The number of rotatable bonds is 8. The Balaban J connectivity index is 3.27. The standard InChI is InChI=1S/C13H27N/c1-11(2)7-6-8-13(5)14-10-9-12(3)4/h12-14H,1,6-10H2,2-5H3. The van der Waals surface area contributed by atoms with Crippen LogP contribution in [0.3, 0.4) is 0 Å². The van der Waals surface area contributed by atoms with E-state index in [-0.39, 0.29) is 0 Å². The zero-order chi connectivity index (χ0) is 11.0. The van der Waals surface area contributed by atoms with E-state index in [0.29, 0.717) is 6.04 Å². The van der Waals surface area contributed by atoms with E-state index in [9.17, 15) is 0 Å². The summed E-state index contributed by atoms with van der Waals surface area (Å²) in [6, 6.07) is 0.660. The molecular weight excluding hydrogens is 170 g/mol. The molecule has 14 heavy (non-hydrogen) atoms. The second-order valence-electron chi connectivity index (χ2n) is 4.89. The minimum Gasteiger partial charge on any atom is -0.314 e. The van der Waals surface area contributed by atoms with Gasteiger partial charge in [0.2, 0.25) is 0 Å². The molecule has 0 saturated heterocycles. The summed E-state index contributed by atoms with van der Waals surface area (Å²) in [7, 11) is 0. The van der Waals surface area contributed by atoms with E-state index in [1.807, 2.05) is 0 Å². The summed E-state index contributed by atoms with van der Waals surface area (Å²) in [5, 5.41) is 3.56. The van der Waals surface area contributed by atoms with E-state index >= 15 is 0 Å². The van der Waals surface area contributed by atoms with Gasteiger partial charge in [-0.3, -0.25) is 0 Å². The normalized spacial score (nSPS) is 13.2. The van der Waals surface area contributed by atoms with Crippen molar-refractivity contribution in [3.63, 3.8) is 0 Å². The van der Waals surface area contributed by atoms with Gasteiger partial charge in [-0.15, -0.1) is 6.58 Å². The minimum atomic E-state index is 0.660. The zero-order valence-corrected chi connectivity index (χ0v) is 10.4. The molecular formula is C13H27N. The van der Waals surface area contributed by atoms with Crippen LogP contribution >= 0.6 is 0 Å². The van der Waals surface area contributed by atoms with E-state index < -0.39 is 0 Å². The molecule has 0 aliphatic heterocycles. The number of hydrogen-bond donors (Lipinski definition) is 1. The molecule has 0 aliphatic rings. The smallest absolute Gasteiger partial charge is 0.00388 e. The lowest BCUT2D eigenvalue weighted by atomic mass is 10.1. The third-order valence-electron chi connectivity index (χ3n) is 2.46. The van der Waals surface area contributed by atoms with Gasteiger partial charge in [-0.1, -0.05) is 19.4 Å². The van der Waals surface area contributed by atoms with Crippen LogP contribution in [0.25, 0.3) is 0 Å². The van der Waals surface area contributed by atoms with Gasteiger partial charge >= 0.3 is 0 Å². The summed E-state index contributed by atoms with van der Waals surface area (Å²) >= 11 is 0. The highest BCUT2D eigenvalue weighted by Crippen LogP contribution is 2.06. The first-order chi connectivity index (χ1) is 6.52. The van der Waals surface area contributed by atoms with Crippen LogP contribution < -0.4 is 5.32 Å². The Bertz CT molecular complexity index is 149. The molecule has 1 nitrogen and oxygen atoms in total. The molecule has 1 unspecified atom stereocenters. The largest absolute Gasteiger partial charge is 0.314 e. The molecule has 0 radical (unpaired) electrons. The van der Waals surface area contributed by atoms with Crippen molar-refractivity contribution in [2.75, 3.05) is 6.54 Å². The fourth-order valence-corrected chi connectivity index (χ4v) is 1.43. The SMILES string of the molecule is C=C(C)CCCC(C)NCCC(C)C. The number of hydrogen-bond acceptors (Lipinski definition) is 1. The zero-order valence-electron chi connectivity index (χ0n) is 10.4. The quantitative estimate of drug-likeness (QED) is 0.584. The molecule has 0 spiro atoms. The van der Waals surface area contributed by atoms with E-state index in [2.05, 4.69) is 39.6 Å². The topological polar surface area (TPSA) is 12.0 Å². The van der Waals surface area contributed by atoms with Gasteiger partial charge in [0.15, 0.2) is 0 Å². The Kier molecular flexibility index (Phi) is 7.87. The van der Waals surface area contributed by atoms with Gasteiger partial charge in [-0.05, 0) is 52.0 Å². The predicted octanol–water partition coefficient (Wildman–Crippen LogP) is 3.76. The molecule has 1 N–H and O–H groups in total. The second-order valence-corrected chi connectivity index (χ2v) is 4.89. The fourth-order valence-electron chi connectivity index (χ4n) is 1.43. The van der Waals surface area contributed by atoms with Crippen LogP contribution in [0.4, 0.5) is 0 Å². The maximum absolute atomic E-state index is 3.92. The molecule has 1 heteroatoms. The average molecular weight is 197 g/mol. The van der Waals surface area contributed by atoms with Crippen LogP contribution in [-0.4, -0.2) is 12.6 Å². The third kappa shape index (κ3) is 9.79. The molecule has 0 fully saturated rings. The number of nitrogens with one attached hydrogen (secondary N) is 1. The Morgan fingerprint density at radius 1 is 1.21 bits per heavy atom. The Hall–Kier alpha value is -0.300. The van der Waals surface area contributed by atoms with Crippen molar-refractivity contribution in [2.24, 2.45) is 5.92 Å². The molecule has 84 valence electrons. The van der Waals surface area contributed by atoms with E-state index in [1.165, 1.54) is 31.3 Å². The summed E-state index contributed by atoms with van der Waals surface area (Å²) in [5.41, 5.74) is 1.30. The van der Waals surface area contributed by atoms with Gasteiger partial charge in [0.05, 0.1) is 0 Å². The predicted molar refractivity (Wildman–Crippen MR) is 65.6 cm³/mol. The molecule has 0 aromatic heterocycles. The van der Waals surface area contributed by atoms with Gasteiger partial charge in [-0.2, -0.15) is 0 Å². The highest BCUT2D eigenvalue weighted by atomic mass is 14.9. The summed E-state index contributed by atoms with van der Waals surface area (Å²) < 4.78 is 0. The third-order valence-corrected chi connectivity index (χ3v) is 2.46. The highest BCUT2D eigenvalue weighted by Gasteiger charge is 2.01. The van der Waals surface area contributed by atoms with Gasteiger partial charge in [0.25, 0.3) is 0 Å². The van der Waals surface area contributed by atoms with Crippen molar-refractivity contribution >= 4 is 0 Å². The summed E-state index contributed by atoms with van der Waals surface area (Å²) in [6.07, 6.45) is 5.00. The summed E-state index contributed by atoms with van der Waals surface area (Å²) in [6.45, 7) is 14.0. The lowest BCUT2D eigenvalue weighted by molar-refractivity contribution is 0.460. The first kappa shape index (κ1) is 13.7. The minimum absolute atomic E-state index is 0.660. The van der Waals surface area contributed by atoms with E-state index in [4.69, 9.17) is 0 Å². The van der Waals surface area contributed by atoms with E-state index in [1.54, 1.807) is 0 Å². The maximum atomic E-state index is 3.92. The Morgan fingerprint density at radius 3 is 2.36 bits per heavy atom. The summed E-state index contributed by atoms with van der Waals surface area (Å²) in [5.74, 6) is 0.810. The van der Waals surface area contributed by atoms with Gasteiger partial charge in [0, 0.05) is 6.04 Å². The molecule has 0 aromatic rings. The summed E-state index contributed by atoms with van der Waals surface area (Å²) in [4.78, 5) is 0. The van der Waals surface area contributed by atoms with Gasteiger partial charge < -0.3 is 5.32 Å². The molecule has 0 rings (SSSR count). The highest BCUT2D eigenvalue weighted by molar-refractivity contribution is 4.87. The molecule has 1 atom stereocenters. The van der Waals surface area contributed by atoms with Crippen molar-refractivity contribution in [3.05, 3.63) is 12.2 Å². The molecule has 0 saturated carbocycles. The molecule has 0 aliphatic carbocycles. The van der Waals surface area contributed by atoms with Crippen LogP contribution in [0.2, 0.25) is 0 Å². The lowest BCUT2D eigenvalue weighted by Gasteiger charge is -2.14. The molecule has 0 heterocycles. The second kappa shape index (κ2) is 8.05. The monoisotopic (exact) mass is 197 g/mol. The first-order valence-electron chi connectivity index (χ1n) is 5.90.